The van der Waals surface area contributed by atoms with Gasteiger partial charge in [0.2, 0.25) is 0 Å². The number of nitrogens with one attached hydrogen (secondary N) is 1. The van der Waals surface area contributed by atoms with E-state index in [9.17, 15) is 14.4 Å². The number of fused-ring (bicyclic) bond motifs is 1. The van der Waals surface area contributed by atoms with Crippen molar-refractivity contribution in [3.8, 4) is 17.2 Å². The predicted molar refractivity (Wildman–Crippen MR) is 125 cm³/mol. The molecule has 1 amide bonds. The van der Waals surface area contributed by atoms with E-state index in [2.05, 4.69) is 5.32 Å². The molecule has 0 atom stereocenters. The summed E-state index contributed by atoms with van der Waals surface area (Å²) in [6, 6.07) is 20.0. The van der Waals surface area contributed by atoms with Gasteiger partial charge >= 0.3 is 11.6 Å². The molecule has 0 aliphatic rings. The molecule has 0 saturated heterocycles. The van der Waals surface area contributed by atoms with E-state index in [4.69, 9.17) is 18.6 Å². The van der Waals surface area contributed by atoms with Crippen LogP contribution in [0.5, 0.6) is 17.2 Å². The molecule has 0 radical (unpaired) electrons. The molecule has 0 fully saturated rings. The van der Waals surface area contributed by atoms with Crippen molar-refractivity contribution >= 4 is 22.8 Å². The molecule has 0 saturated carbocycles. The number of amides is 1. The molecular weight excluding hydrogens is 438 g/mol. The Morgan fingerprint density at radius 3 is 2.38 bits per heavy atom. The average molecular weight is 459 g/mol. The minimum absolute atomic E-state index is 0.112. The van der Waals surface area contributed by atoms with Crippen LogP contribution in [0, 0.1) is 0 Å². The second-order valence-corrected chi connectivity index (χ2v) is 7.27. The molecule has 172 valence electrons. The first-order chi connectivity index (χ1) is 16.5. The highest BCUT2D eigenvalue weighted by Gasteiger charge is 2.16. The lowest BCUT2D eigenvalue weighted by atomic mass is 10.1. The number of hydrogen-bond donors (Lipinski definition) is 1. The average Bonchev–Trinajstić information content (AvgIpc) is 2.86. The number of rotatable bonds is 7. The monoisotopic (exact) mass is 459 g/mol. The van der Waals surface area contributed by atoms with Gasteiger partial charge in [-0.1, -0.05) is 30.3 Å². The van der Waals surface area contributed by atoms with Crippen LogP contribution in [0.25, 0.3) is 11.0 Å². The zero-order valence-corrected chi connectivity index (χ0v) is 18.5. The van der Waals surface area contributed by atoms with Gasteiger partial charge in [0.05, 0.1) is 19.8 Å². The van der Waals surface area contributed by atoms with Crippen molar-refractivity contribution in [3.63, 3.8) is 0 Å². The van der Waals surface area contributed by atoms with Gasteiger partial charge in [-0.25, -0.2) is 9.59 Å². The Kier molecular flexibility index (Phi) is 6.59. The minimum atomic E-state index is -0.790. The summed E-state index contributed by atoms with van der Waals surface area (Å²) in [5.41, 5.74) is 0.439. The lowest BCUT2D eigenvalue weighted by molar-refractivity contribution is 0.0734. The highest BCUT2D eigenvalue weighted by Crippen LogP contribution is 2.28. The van der Waals surface area contributed by atoms with Crippen molar-refractivity contribution in [2.75, 3.05) is 14.2 Å². The quantitative estimate of drug-likeness (QED) is 0.253. The Morgan fingerprint density at radius 1 is 0.882 bits per heavy atom. The van der Waals surface area contributed by atoms with Gasteiger partial charge in [-0.3, -0.25) is 4.79 Å². The molecular formula is C26H21NO7. The summed E-state index contributed by atoms with van der Waals surface area (Å²) in [6.07, 6.45) is 0. The number of ether oxygens (including phenoxy) is 3. The summed E-state index contributed by atoms with van der Waals surface area (Å²) in [7, 11) is 2.96. The van der Waals surface area contributed by atoms with Crippen LogP contribution in [0.3, 0.4) is 0 Å². The van der Waals surface area contributed by atoms with Crippen molar-refractivity contribution in [1.29, 1.82) is 0 Å². The van der Waals surface area contributed by atoms with Crippen molar-refractivity contribution in [2.45, 2.75) is 6.54 Å². The van der Waals surface area contributed by atoms with Crippen LogP contribution >= 0.6 is 0 Å². The van der Waals surface area contributed by atoms with Crippen LogP contribution in [0.4, 0.5) is 0 Å². The Morgan fingerprint density at radius 2 is 1.65 bits per heavy atom. The third-order valence-electron chi connectivity index (χ3n) is 5.08. The van der Waals surface area contributed by atoms with Crippen LogP contribution in [-0.2, 0) is 6.54 Å². The maximum atomic E-state index is 12.6. The van der Waals surface area contributed by atoms with E-state index in [1.807, 2.05) is 30.3 Å². The molecule has 0 aliphatic carbocycles. The molecule has 0 aliphatic heterocycles. The highest BCUT2D eigenvalue weighted by atomic mass is 16.5. The Hall–Kier alpha value is -4.59. The van der Waals surface area contributed by atoms with Gasteiger partial charge in [0.15, 0.2) is 11.5 Å². The summed E-state index contributed by atoms with van der Waals surface area (Å²) < 4.78 is 21.1. The molecule has 1 N–H and O–H groups in total. The summed E-state index contributed by atoms with van der Waals surface area (Å²) in [5, 5.41) is 3.22. The van der Waals surface area contributed by atoms with Crippen LogP contribution in [0.2, 0.25) is 0 Å². The lowest BCUT2D eigenvalue weighted by Gasteiger charge is -2.10. The fourth-order valence-corrected chi connectivity index (χ4v) is 3.32. The number of esters is 1. The number of methoxy groups -OCH3 is 2. The fourth-order valence-electron chi connectivity index (χ4n) is 3.32. The van der Waals surface area contributed by atoms with Gasteiger partial charge in [-0.05, 0) is 42.0 Å². The molecule has 1 heterocycles. The molecule has 0 unspecified atom stereocenters. The van der Waals surface area contributed by atoms with E-state index in [1.165, 1.54) is 32.4 Å². The largest absolute Gasteiger partial charge is 0.493 e. The number of hydrogen-bond acceptors (Lipinski definition) is 7. The Bertz CT molecular complexity index is 1410. The third-order valence-corrected chi connectivity index (χ3v) is 5.08. The zero-order chi connectivity index (χ0) is 24.1. The standard InChI is InChI=1S/C26H21NO7/c1-31-21-11-9-18(13-23(21)32-2)25(29)33-19-10-8-17-12-20(26(30)34-22(17)14-19)24(28)27-15-16-6-4-3-5-7-16/h3-14H,15H2,1-2H3,(H,27,28). The van der Waals surface area contributed by atoms with E-state index in [0.717, 1.165) is 5.56 Å². The molecule has 4 aromatic rings. The first-order valence-electron chi connectivity index (χ1n) is 10.3. The normalized spacial score (nSPS) is 10.5. The molecule has 0 bridgehead atoms. The SMILES string of the molecule is COc1ccc(C(=O)Oc2ccc3cc(C(=O)NCc4ccccc4)c(=O)oc3c2)cc1OC. The Labute approximate surface area is 194 Å². The smallest absolute Gasteiger partial charge is 0.349 e. The van der Waals surface area contributed by atoms with Gasteiger partial charge in [-0.2, -0.15) is 0 Å². The summed E-state index contributed by atoms with van der Waals surface area (Å²) in [5.74, 6) is -0.116. The van der Waals surface area contributed by atoms with Crippen molar-refractivity contribution < 1.29 is 28.2 Å². The first kappa shape index (κ1) is 22.6. The van der Waals surface area contributed by atoms with Gasteiger partial charge in [-0.15, -0.1) is 0 Å². The molecule has 1 aromatic heterocycles. The number of carbonyl (C=O) groups is 2. The summed E-state index contributed by atoms with van der Waals surface area (Å²) >= 11 is 0. The van der Waals surface area contributed by atoms with Crippen molar-refractivity contribution in [3.05, 3.63) is 99.9 Å². The Balaban J connectivity index is 1.51. The predicted octanol–water partition coefficient (Wildman–Crippen LogP) is 3.96. The molecule has 0 spiro atoms. The van der Waals surface area contributed by atoms with Crippen LogP contribution in [-0.4, -0.2) is 26.1 Å². The van der Waals surface area contributed by atoms with Gasteiger partial charge < -0.3 is 23.9 Å². The van der Waals surface area contributed by atoms with Crippen LogP contribution < -0.4 is 25.2 Å². The van der Waals surface area contributed by atoms with E-state index >= 15 is 0 Å². The maximum absolute atomic E-state index is 12.6. The molecule has 3 aromatic carbocycles. The summed E-state index contributed by atoms with van der Waals surface area (Å²) in [4.78, 5) is 37.5. The minimum Gasteiger partial charge on any atom is -0.493 e. The van der Waals surface area contributed by atoms with Gasteiger partial charge in [0.1, 0.15) is 16.9 Å². The van der Waals surface area contributed by atoms with E-state index in [-0.39, 0.29) is 29.0 Å². The fraction of sp³-hybridized carbons (Fsp3) is 0.115. The number of benzene rings is 3. The van der Waals surface area contributed by atoms with Crippen molar-refractivity contribution in [1.82, 2.24) is 5.32 Å². The summed E-state index contributed by atoms with van der Waals surface area (Å²) in [6.45, 7) is 0.280. The van der Waals surface area contributed by atoms with Gasteiger partial charge in [0, 0.05) is 18.0 Å². The van der Waals surface area contributed by atoms with Crippen LogP contribution in [0.15, 0.2) is 82.0 Å². The zero-order valence-electron chi connectivity index (χ0n) is 18.5. The second kappa shape index (κ2) is 9.91. The van der Waals surface area contributed by atoms with Crippen LogP contribution in [0.1, 0.15) is 26.3 Å². The van der Waals surface area contributed by atoms with E-state index < -0.39 is 17.5 Å². The third kappa shape index (κ3) is 4.91. The maximum Gasteiger partial charge on any atom is 0.349 e. The topological polar surface area (TPSA) is 104 Å². The molecule has 34 heavy (non-hydrogen) atoms. The van der Waals surface area contributed by atoms with Crippen molar-refractivity contribution in [2.24, 2.45) is 0 Å². The molecule has 8 heteroatoms. The second-order valence-electron chi connectivity index (χ2n) is 7.27. The molecule has 4 rings (SSSR count). The molecule has 8 nitrogen and oxygen atoms in total. The van der Waals surface area contributed by atoms with Gasteiger partial charge in [0.25, 0.3) is 5.91 Å². The van der Waals surface area contributed by atoms with E-state index in [0.29, 0.717) is 16.9 Å². The highest BCUT2D eigenvalue weighted by molar-refractivity contribution is 5.97. The lowest BCUT2D eigenvalue weighted by Crippen LogP contribution is -2.27. The number of carbonyl (C=O) groups excluding carboxylic acids is 2. The first-order valence-corrected chi connectivity index (χ1v) is 10.3. The van der Waals surface area contributed by atoms with E-state index in [1.54, 1.807) is 24.3 Å².